The summed E-state index contributed by atoms with van der Waals surface area (Å²) in [7, 11) is 0. The van der Waals surface area contributed by atoms with Crippen LogP contribution < -0.4 is 10.9 Å². The second-order valence-electron chi connectivity index (χ2n) is 3.92. The number of amides is 1. The molecule has 1 aromatic carbocycles. The zero-order valence-corrected chi connectivity index (χ0v) is 12.0. The lowest BCUT2D eigenvalue weighted by Gasteiger charge is -2.06. The zero-order valence-electron chi connectivity index (χ0n) is 10.4. The van der Waals surface area contributed by atoms with Crippen LogP contribution in [-0.2, 0) is 17.9 Å². The van der Waals surface area contributed by atoms with Crippen molar-refractivity contribution in [2.45, 2.75) is 13.2 Å². The Morgan fingerprint density at radius 2 is 2.10 bits per heavy atom. The second kappa shape index (κ2) is 6.85. The molecule has 0 radical (unpaired) electrons. The Morgan fingerprint density at radius 3 is 2.80 bits per heavy atom. The maximum atomic E-state index is 11.5. The van der Waals surface area contributed by atoms with Gasteiger partial charge in [0, 0.05) is 6.20 Å². The normalized spacial score (nSPS) is 10.1. The molecule has 20 heavy (non-hydrogen) atoms. The van der Waals surface area contributed by atoms with E-state index in [0.717, 1.165) is 5.56 Å². The molecule has 0 saturated carbocycles. The Morgan fingerprint density at radius 1 is 1.35 bits per heavy atom. The highest BCUT2D eigenvalue weighted by Crippen LogP contribution is 2.01. The molecule has 6 nitrogen and oxygen atoms in total. The molecule has 0 saturated heterocycles. The third-order valence-electron chi connectivity index (χ3n) is 2.42. The van der Waals surface area contributed by atoms with Gasteiger partial charge in [-0.3, -0.25) is 4.79 Å². The van der Waals surface area contributed by atoms with E-state index in [1.165, 1.54) is 6.20 Å². The minimum atomic E-state index is -0.570. The van der Waals surface area contributed by atoms with Gasteiger partial charge in [0.05, 0.1) is 6.54 Å². The SMILES string of the molecule is O=C(NCc1ncc(Br)c(=O)[nH]1)OCc1ccccc1. The standard InChI is InChI=1S/C13H12BrN3O3/c14-10-6-15-11(17-12(10)18)7-16-13(19)20-8-9-4-2-1-3-5-9/h1-6H,7-8H2,(H,16,19)(H,15,17,18). The molecule has 0 fully saturated rings. The lowest BCUT2D eigenvalue weighted by Crippen LogP contribution is -2.26. The number of nitrogens with one attached hydrogen (secondary N) is 2. The van der Waals surface area contributed by atoms with Gasteiger partial charge in [-0.15, -0.1) is 0 Å². The van der Waals surface area contributed by atoms with Gasteiger partial charge in [-0.25, -0.2) is 9.78 Å². The van der Waals surface area contributed by atoms with Gasteiger partial charge in [0.2, 0.25) is 0 Å². The minimum Gasteiger partial charge on any atom is -0.445 e. The molecule has 0 aliphatic rings. The van der Waals surface area contributed by atoms with Gasteiger partial charge in [0.15, 0.2) is 0 Å². The van der Waals surface area contributed by atoms with Crippen LogP contribution >= 0.6 is 15.9 Å². The lowest BCUT2D eigenvalue weighted by molar-refractivity contribution is 0.139. The average Bonchev–Trinajstić information content (AvgIpc) is 2.47. The molecule has 0 aliphatic heterocycles. The lowest BCUT2D eigenvalue weighted by atomic mass is 10.2. The van der Waals surface area contributed by atoms with Crippen molar-refractivity contribution in [3.8, 4) is 0 Å². The number of halogens is 1. The highest BCUT2D eigenvalue weighted by Gasteiger charge is 2.04. The Balaban J connectivity index is 1.80. The average molecular weight is 338 g/mol. The van der Waals surface area contributed by atoms with Crippen LogP contribution in [0.5, 0.6) is 0 Å². The predicted octanol–water partition coefficient (Wildman–Crippen LogP) is 1.96. The zero-order chi connectivity index (χ0) is 14.4. The fraction of sp³-hybridized carbons (Fsp3) is 0.154. The summed E-state index contributed by atoms with van der Waals surface area (Å²) in [6.07, 6.45) is 0.810. The van der Waals surface area contributed by atoms with Crippen molar-refractivity contribution in [2.24, 2.45) is 0 Å². The van der Waals surface area contributed by atoms with E-state index < -0.39 is 6.09 Å². The molecule has 0 atom stereocenters. The first-order valence-corrected chi connectivity index (χ1v) is 6.62. The maximum Gasteiger partial charge on any atom is 0.407 e. The Kier molecular flexibility index (Phi) is 4.89. The molecule has 104 valence electrons. The number of aromatic amines is 1. The van der Waals surface area contributed by atoms with Crippen molar-refractivity contribution >= 4 is 22.0 Å². The van der Waals surface area contributed by atoms with E-state index in [-0.39, 0.29) is 18.7 Å². The van der Waals surface area contributed by atoms with Crippen LogP contribution in [0.1, 0.15) is 11.4 Å². The van der Waals surface area contributed by atoms with E-state index in [1.807, 2.05) is 30.3 Å². The second-order valence-corrected chi connectivity index (χ2v) is 4.78. The number of hydrogen-bond acceptors (Lipinski definition) is 4. The topological polar surface area (TPSA) is 84.1 Å². The van der Waals surface area contributed by atoms with Gasteiger partial charge in [-0.1, -0.05) is 30.3 Å². The molecule has 1 heterocycles. The summed E-state index contributed by atoms with van der Waals surface area (Å²) in [5, 5.41) is 2.51. The molecule has 1 amide bonds. The number of alkyl carbamates (subject to hydrolysis) is 1. The van der Waals surface area contributed by atoms with Gasteiger partial charge in [0.25, 0.3) is 5.56 Å². The number of nitrogens with zero attached hydrogens (tertiary/aromatic N) is 1. The molecular formula is C13H12BrN3O3. The number of ether oxygens (including phenoxy) is 1. The maximum absolute atomic E-state index is 11.5. The molecular weight excluding hydrogens is 326 g/mol. The number of carbonyl (C=O) groups is 1. The smallest absolute Gasteiger partial charge is 0.407 e. The summed E-state index contributed by atoms with van der Waals surface area (Å²) in [6.45, 7) is 0.285. The van der Waals surface area contributed by atoms with Crippen LogP contribution in [0.3, 0.4) is 0 Å². The first-order chi connectivity index (χ1) is 9.65. The van der Waals surface area contributed by atoms with Gasteiger partial charge in [0.1, 0.15) is 16.9 Å². The molecule has 0 bridgehead atoms. The largest absolute Gasteiger partial charge is 0.445 e. The van der Waals surface area contributed by atoms with Gasteiger partial charge < -0.3 is 15.0 Å². The van der Waals surface area contributed by atoms with E-state index in [0.29, 0.717) is 10.3 Å². The molecule has 0 spiro atoms. The Hall–Kier alpha value is -2.15. The molecule has 7 heteroatoms. The molecule has 0 aliphatic carbocycles. The summed E-state index contributed by atoms with van der Waals surface area (Å²) in [6, 6.07) is 9.35. The monoisotopic (exact) mass is 337 g/mol. The number of H-pyrrole nitrogens is 1. The minimum absolute atomic E-state index is 0.0934. The summed E-state index contributed by atoms with van der Waals surface area (Å²) in [4.78, 5) is 29.3. The number of benzene rings is 1. The Labute approximate surface area is 123 Å². The van der Waals surface area contributed by atoms with Crippen molar-refractivity contribution in [1.82, 2.24) is 15.3 Å². The van der Waals surface area contributed by atoms with Gasteiger partial charge >= 0.3 is 6.09 Å². The number of carbonyl (C=O) groups excluding carboxylic acids is 1. The number of hydrogen-bond donors (Lipinski definition) is 2. The van der Waals surface area contributed by atoms with E-state index in [2.05, 4.69) is 31.2 Å². The molecule has 0 unspecified atom stereocenters. The highest BCUT2D eigenvalue weighted by molar-refractivity contribution is 9.10. The highest BCUT2D eigenvalue weighted by atomic mass is 79.9. The van der Waals surface area contributed by atoms with E-state index >= 15 is 0 Å². The summed E-state index contributed by atoms with van der Waals surface area (Å²) < 4.78 is 5.37. The first-order valence-electron chi connectivity index (χ1n) is 5.83. The van der Waals surface area contributed by atoms with Gasteiger partial charge in [-0.2, -0.15) is 0 Å². The van der Waals surface area contributed by atoms with Crippen LogP contribution in [0.25, 0.3) is 0 Å². The van der Waals surface area contributed by atoms with E-state index in [1.54, 1.807) is 0 Å². The van der Waals surface area contributed by atoms with Crippen molar-refractivity contribution in [2.75, 3.05) is 0 Å². The summed E-state index contributed by atoms with van der Waals surface area (Å²) in [5.41, 5.74) is 0.604. The quantitative estimate of drug-likeness (QED) is 0.893. The van der Waals surface area contributed by atoms with Crippen LogP contribution in [0.15, 0.2) is 45.8 Å². The Bertz CT molecular complexity index is 643. The van der Waals surface area contributed by atoms with Crippen LogP contribution in [-0.4, -0.2) is 16.1 Å². The van der Waals surface area contributed by atoms with Crippen molar-refractivity contribution < 1.29 is 9.53 Å². The van der Waals surface area contributed by atoms with Crippen molar-refractivity contribution in [3.05, 3.63) is 62.7 Å². The number of rotatable bonds is 4. The molecule has 2 rings (SSSR count). The fourth-order valence-electron chi connectivity index (χ4n) is 1.44. The van der Waals surface area contributed by atoms with Crippen LogP contribution in [0, 0.1) is 0 Å². The summed E-state index contributed by atoms with van der Waals surface area (Å²) in [5.74, 6) is 0.356. The van der Waals surface area contributed by atoms with Crippen LogP contribution in [0.4, 0.5) is 4.79 Å². The molecule has 2 N–H and O–H groups in total. The third kappa shape index (κ3) is 4.20. The first kappa shape index (κ1) is 14.3. The predicted molar refractivity (Wildman–Crippen MR) is 76.0 cm³/mol. The van der Waals surface area contributed by atoms with Crippen molar-refractivity contribution in [1.29, 1.82) is 0 Å². The summed E-state index contributed by atoms with van der Waals surface area (Å²) >= 11 is 3.04. The van der Waals surface area contributed by atoms with E-state index in [9.17, 15) is 9.59 Å². The molecule has 1 aromatic heterocycles. The third-order valence-corrected chi connectivity index (χ3v) is 2.99. The van der Waals surface area contributed by atoms with Gasteiger partial charge in [-0.05, 0) is 21.5 Å². The number of aromatic nitrogens is 2. The van der Waals surface area contributed by atoms with Crippen LogP contribution in [0.2, 0.25) is 0 Å². The van der Waals surface area contributed by atoms with Crippen molar-refractivity contribution in [3.63, 3.8) is 0 Å². The fourth-order valence-corrected chi connectivity index (χ4v) is 1.64. The van der Waals surface area contributed by atoms with E-state index in [4.69, 9.17) is 4.74 Å². The molecule has 2 aromatic rings.